The van der Waals surface area contributed by atoms with Gasteiger partial charge in [0.1, 0.15) is 12.7 Å². The molecule has 4 aromatic rings. The third-order valence-electron chi connectivity index (χ3n) is 5.75. The van der Waals surface area contributed by atoms with Crippen molar-refractivity contribution in [2.45, 2.75) is 18.1 Å². The molecule has 0 fully saturated rings. The van der Waals surface area contributed by atoms with Gasteiger partial charge in [0.15, 0.2) is 0 Å². The monoisotopic (exact) mass is 440 g/mol. The second kappa shape index (κ2) is 7.80. The van der Waals surface area contributed by atoms with Gasteiger partial charge in [0.05, 0.1) is 46.1 Å². The van der Waals surface area contributed by atoms with Gasteiger partial charge in [-0.1, -0.05) is 12.0 Å². The molecule has 0 spiro atoms. The zero-order valence-corrected chi connectivity index (χ0v) is 18.8. The van der Waals surface area contributed by atoms with Crippen molar-refractivity contribution < 1.29 is 4.79 Å². The van der Waals surface area contributed by atoms with Gasteiger partial charge in [0, 0.05) is 34.3 Å². The molecule has 1 amide bonds. The Hall–Kier alpha value is -2.99. The second-order valence-electron chi connectivity index (χ2n) is 8.25. The molecule has 33 heavy (non-hydrogen) atoms. The van der Waals surface area contributed by atoms with E-state index in [9.17, 15) is 4.79 Å². The van der Waals surface area contributed by atoms with E-state index in [0.29, 0.717) is 39.4 Å². The molecule has 0 saturated carbocycles. The van der Waals surface area contributed by atoms with Crippen LogP contribution in [0, 0.1) is 0 Å². The fourth-order valence-corrected chi connectivity index (χ4v) is 5.27. The second-order valence-corrected chi connectivity index (χ2v) is 9.30. The lowest BCUT2D eigenvalue weighted by Crippen LogP contribution is -2.34. The number of nitrogens with zero attached hydrogens (tertiary/aromatic N) is 2. The molecule has 2 N–H and O–H groups in total. The van der Waals surface area contributed by atoms with Crippen LogP contribution < -0.4 is 16.1 Å². The first-order valence-electron chi connectivity index (χ1n) is 10.4. The quantitative estimate of drug-likeness (QED) is 0.480. The smallest absolute Gasteiger partial charge is 0.263 e. The SMILES string of the molecule is [B]c1c(C=C)ncc(C([B])([B])[B])c1-c1ccc2c(ccc3sc4c(c32)NC[C@@H](C)NC4=O)n1. The van der Waals surface area contributed by atoms with Gasteiger partial charge in [-0.15, -0.1) is 16.4 Å². The summed E-state index contributed by atoms with van der Waals surface area (Å²) >= 11 is 1.46. The number of benzene rings is 1. The minimum Gasteiger partial charge on any atom is -0.381 e. The summed E-state index contributed by atoms with van der Waals surface area (Å²) in [5, 5.41) is 6.66. The van der Waals surface area contributed by atoms with Crippen molar-refractivity contribution in [1.82, 2.24) is 15.3 Å². The summed E-state index contributed by atoms with van der Waals surface area (Å²) in [4.78, 5) is 22.5. The number of carbonyl (C=O) groups is 1. The first-order valence-corrected chi connectivity index (χ1v) is 11.2. The van der Waals surface area contributed by atoms with E-state index in [1.165, 1.54) is 17.5 Å². The Balaban J connectivity index is 1.76. The Kier molecular flexibility index (Phi) is 5.16. The van der Waals surface area contributed by atoms with Crippen molar-refractivity contribution >= 4 is 86.8 Å². The number of aromatic nitrogens is 2. The molecule has 152 valence electrons. The number of hydrogen-bond acceptors (Lipinski definition) is 5. The summed E-state index contributed by atoms with van der Waals surface area (Å²) in [6.07, 6.45) is 3.05. The fraction of sp³-hybridized carbons (Fsp3) is 0.174. The summed E-state index contributed by atoms with van der Waals surface area (Å²) in [5.41, 5.74) is 3.85. The number of hydrogen-bond donors (Lipinski definition) is 2. The van der Waals surface area contributed by atoms with Gasteiger partial charge in [-0.2, -0.15) is 0 Å². The molecule has 10 heteroatoms. The molecule has 1 atom stereocenters. The van der Waals surface area contributed by atoms with Crippen molar-refractivity contribution in [2.24, 2.45) is 0 Å². The molecule has 0 saturated heterocycles. The lowest BCUT2D eigenvalue weighted by Gasteiger charge is -2.26. The van der Waals surface area contributed by atoms with Crippen LogP contribution in [-0.4, -0.2) is 59.8 Å². The van der Waals surface area contributed by atoms with Crippen LogP contribution in [0.25, 0.3) is 38.3 Å². The van der Waals surface area contributed by atoms with E-state index >= 15 is 0 Å². The lowest BCUT2D eigenvalue weighted by molar-refractivity contribution is 0.0949. The zero-order valence-electron chi connectivity index (χ0n) is 18.0. The maximum Gasteiger partial charge on any atom is 0.263 e. The summed E-state index contributed by atoms with van der Waals surface area (Å²) in [5.74, 6) is -0.0715. The average Bonchev–Trinajstić information content (AvgIpc) is 3.09. The summed E-state index contributed by atoms with van der Waals surface area (Å²) in [6.45, 7) is 6.37. The predicted molar refractivity (Wildman–Crippen MR) is 140 cm³/mol. The van der Waals surface area contributed by atoms with E-state index in [-0.39, 0.29) is 11.9 Å². The summed E-state index contributed by atoms with van der Waals surface area (Å²) < 4.78 is 1.00. The number of fused-ring (bicyclic) bond motifs is 5. The van der Waals surface area contributed by atoms with Crippen LogP contribution >= 0.6 is 11.3 Å². The highest BCUT2D eigenvalue weighted by Gasteiger charge is 2.26. The van der Waals surface area contributed by atoms with Gasteiger partial charge >= 0.3 is 0 Å². The van der Waals surface area contributed by atoms with Crippen LogP contribution in [0.3, 0.4) is 0 Å². The maximum atomic E-state index is 12.7. The third kappa shape index (κ3) is 3.57. The van der Waals surface area contributed by atoms with Crippen LogP contribution in [0.5, 0.6) is 0 Å². The molecular formula is C23H16B4N4OS. The molecule has 0 unspecified atom stereocenters. The molecule has 1 aromatic carbocycles. The third-order valence-corrected chi connectivity index (χ3v) is 6.91. The largest absolute Gasteiger partial charge is 0.381 e. The van der Waals surface area contributed by atoms with Crippen LogP contribution in [0.4, 0.5) is 5.69 Å². The number of pyridine rings is 2. The molecule has 5 nitrogen and oxygen atoms in total. The highest BCUT2D eigenvalue weighted by molar-refractivity contribution is 7.21. The number of thiophene rings is 1. The highest BCUT2D eigenvalue weighted by atomic mass is 32.1. The molecule has 1 aliphatic rings. The minimum absolute atomic E-state index is 0.0306. The topological polar surface area (TPSA) is 66.9 Å². The van der Waals surface area contributed by atoms with Gasteiger partial charge in [0.2, 0.25) is 0 Å². The van der Waals surface area contributed by atoms with Crippen LogP contribution in [0.1, 0.15) is 27.9 Å². The van der Waals surface area contributed by atoms with Crippen LogP contribution in [-0.2, 0) is 5.11 Å². The first-order chi connectivity index (χ1) is 15.7. The first kappa shape index (κ1) is 21.8. The van der Waals surface area contributed by atoms with Crippen LogP contribution in [0.15, 0.2) is 37.0 Å². The van der Waals surface area contributed by atoms with E-state index in [0.717, 1.165) is 26.7 Å². The van der Waals surface area contributed by atoms with E-state index in [1.807, 2.05) is 31.2 Å². The van der Waals surface area contributed by atoms with Crippen LogP contribution in [0.2, 0.25) is 0 Å². The highest BCUT2D eigenvalue weighted by Crippen LogP contribution is 2.41. The number of nitrogens with one attached hydrogen (secondary N) is 2. The Bertz CT molecular complexity index is 1460. The Morgan fingerprint density at radius 1 is 1.24 bits per heavy atom. The van der Waals surface area contributed by atoms with Crippen molar-refractivity contribution in [1.29, 1.82) is 0 Å². The number of rotatable bonds is 3. The molecule has 4 heterocycles. The van der Waals surface area contributed by atoms with E-state index < -0.39 is 5.11 Å². The standard InChI is InChI=1S/C23H16B4N4OS/c1-3-13-19(24)18(12(9-28-13)23(25,26)27)15-5-4-11-14(31-15)6-7-16-17(11)20-21(33-16)22(32)30-10(2)8-29-20/h3-7,9-10,29H,1,8H2,2H3,(H,30,32)/t10-/m1/s1. The Morgan fingerprint density at radius 2 is 2.03 bits per heavy atom. The summed E-state index contributed by atoms with van der Waals surface area (Å²) in [6, 6.07) is 7.73. The molecule has 3 aromatic heterocycles. The lowest BCUT2D eigenvalue weighted by atomic mass is 9.39. The average molecular weight is 440 g/mol. The van der Waals surface area contributed by atoms with Crippen molar-refractivity contribution in [3.8, 4) is 11.3 Å². The minimum atomic E-state index is -1.66. The van der Waals surface area contributed by atoms with Gasteiger partial charge in [-0.3, -0.25) is 9.78 Å². The predicted octanol–water partition coefficient (Wildman–Crippen LogP) is 2.11. The molecule has 8 radical (unpaired) electrons. The van der Waals surface area contributed by atoms with Gasteiger partial charge in [-0.25, -0.2) is 4.98 Å². The van der Waals surface area contributed by atoms with Gasteiger partial charge < -0.3 is 10.6 Å². The number of anilines is 1. The summed E-state index contributed by atoms with van der Waals surface area (Å²) in [7, 11) is 24.4. The molecule has 0 aliphatic carbocycles. The van der Waals surface area contributed by atoms with Crippen molar-refractivity contribution in [2.75, 3.05) is 11.9 Å². The normalized spacial score (nSPS) is 16.2. The van der Waals surface area contributed by atoms with Crippen molar-refractivity contribution in [3.05, 3.63) is 53.2 Å². The fourth-order valence-electron chi connectivity index (χ4n) is 4.17. The van der Waals surface area contributed by atoms with Crippen molar-refractivity contribution in [3.63, 3.8) is 0 Å². The number of amides is 1. The Labute approximate surface area is 201 Å². The molecule has 5 rings (SSSR count). The molecule has 0 bridgehead atoms. The van der Waals surface area contributed by atoms with E-state index in [1.54, 1.807) is 6.08 Å². The molecule has 1 aliphatic heterocycles. The maximum absolute atomic E-state index is 12.7. The van der Waals surface area contributed by atoms with Gasteiger partial charge in [-0.05, 0) is 48.4 Å². The Morgan fingerprint density at radius 3 is 2.76 bits per heavy atom. The van der Waals surface area contributed by atoms with E-state index in [4.69, 9.17) is 36.4 Å². The van der Waals surface area contributed by atoms with Gasteiger partial charge in [0.25, 0.3) is 5.91 Å². The zero-order chi connectivity index (χ0) is 23.5. The number of carbonyl (C=O) groups excluding carboxylic acids is 1. The molecular weight excluding hydrogens is 424 g/mol. The van der Waals surface area contributed by atoms with E-state index in [2.05, 4.69) is 22.2 Å².